The van der Waals surface area contributed by atoms with Crippen molar-refractivity contribution in [2.45, 2.75) is 0 Å². The summed E-state index contributed by atoms with van der Waals surface area (Å²) in [7, 11) is 1.75. The average molecular weight is 186 g/mol. The molecule has 3 heteroatoms. The van der Waals surface area contributed by atoms with Crippen LogP contribution in [0.2, 0.25) is 5.02 Å². The summed E-state index contributed by atoms with van der Waals surface area (Å²) in [4.78, 5) is 0. The Hall–Kier alpha value is -1.02. The summed E-state index contributed by atoms with van der Waals surface area (Å²) in [6, 6.07) is 2.94. The standard InChI is InChI=1S/C9H9ClFN/c1-3-6-8(12-2)5-4-7(11)9(6)10/h3-5,12H,1H2,2H3. The molecule has 0 aliphatic heterocycles. The van der Waals surface area contributed by atoms with E-state index in [0.29, 0.717) is 5.56 Å². The Kier molecular flexibility index (Phi) is 2.71. The smallest absolute Gasteiger partial charge is 0.142 e. The van der Waals surface area contributed by atoms with Crippen LogP contribution in [0.3, 0.4) is 0 Å². The van der Waals surface area contributed by atoms with E-state index in [2.05, 4.69) is 11.9 Å². The van der Waals surface area contributed by atoms with Crippen LogP contribution in [0.5, 0.6) is 0 Å². The summed E-state index contributed by atoms with van der Waals surface area (Å²) in [6.07, 6.45) is 1.53. The quantitative estimate of drug-likeness (QED) is 0.747. The summed E-state index contributed by atoms with van der Waals surface area (Å²) in [5.74, 6) is -0.425. The Morgan fingerprint density at radius 1 is 1.58 bits per heavy atom. The molecule has 0 aliphatic carbocycles. The van der Waals surface area contributed by atoms with Crippen LogP contribution in [0.15, 0.2) is 18.7 Å². The molecule has 0 unspecified atom stereocenters. The summed E-state index contributed by atoms with van der Waals surface area (Å²) in [6.45, 7) is 3.55. The molecular weight excluding hydrogens is 177 g/mol. The molecule has 12 heavy (non-hydrogen) atoms. The maximum atomic E-state index is 12.9. The fourth-order valence-electron chi connectivity index (χ4n) is 0.984. The van der Waals surface area contributed by atoms with E-state index >= 15 is 0 Å². The van der Waals surface area contributed by atoms with Gasteiger partial charge in [0.15, 0.2) is 0 Å². The molecule has 0 amide bonds. The van der Waals surface area contributed by atoms with Gasteiger partial charge in [-0.3, -0.25) is 0 Å². The summed E-state index contributed by atoms with van der Waals surface area (Å²) in [5, 5.41) is 3.00. The van der Waals surface area contributed by atoms with Crippen molar-refractivity contribution in [2.75, 3.05) is 12.4 Å². The van der Waals surface area contributed by atoms with Crippen LogP contribution >= 0.6 is 11.6 Å². The first-order chi connectivity index (χ1) is 5.70. The van der Waals surface area contributed by atoms with Gasteiger partial charge in [0, 0.05) is 18.3 Å². The normalized spacial score (nSPS) is 9.58. The van der Waals surface area contributed by atoms with Gasteiger partial charge in [0.25, 0.3) is 0 Å². The molecule has 1 aromatic rings. The molecule has 1 N–H and O–H groups in total. The van der Waals surface area contributed by atoms with E-state index in [0.717, 1.165) is 5.69 Å². The molecule has 0 aromatic heterocycles. The van der Waals surface area contributed by atoms with Crippen molar-refractivity contribution < 1.29 is 4.39 Å². The van der Waals surface area contributed by atoms with Gasteiger partial charge in [0.1, 0.15) is 5.82 Å². The lowest BCUT2D eigenvalue weighted by atomic mass is 10.1. The molecule has 0 heterocycles. The van der Waals surface area contributed by atoms with Gasteiger partial charge in [-0.25, -0.2) is 4.39 Å². The van der Waals surface area contributed by atoms with Crippen molar-refractivity contribution >= 4 is 23.4 Å². The van der Waals surface area contributed by atoms with Gasteiger partial charge in [0.05, 0.1) is 5.02 Å². The van der Waals surface area contributed by atoms with Crippen LogP contribution in [0.4, 0.5) is 10.1 Å². The minimum atomic E-state index is -0.425. The van der Waals surface area contributed by atoms with Gasteiger partial charge in [-0.2, -0.15) is 0 Å². The minimum Gasteiger partial charge on any atom is -0.388 e. The highest BCUT2D eigenvalue weighted by molar-refractivity contribution is 6.32. The first kappa shape index (κ1) is 9.07. The molecular formula is C9H9ClFN. The van der Waals surface area contributed by atoms with Gasteiger partial charge in [-0.15, -0.1) is 0 Å². The second-order valence-electron chi connectivity index (χ2n) is 2.28. The molecule has 0 atom stereocenters. The highest BCUT2D eigenvalue weighted by atomic mass is 35.5. The topological polar surface area (TPSA) is 12.0 Å². The molecule has 0 bridgehead atoms. The number of halogens is 2. The second-order valence-corrected chi connectivity index (χ2v) is 2.65. The van der Waals surface area contributed by atoms with E-state index in [1.165, 1.54) is 12.1 Å². The highest BCUT2D eigenvalue weighted by Crippen LogP contribution is 2.27. The zero-order valence-electron chi connectivity index (χ0n) is 6.70. The Morgan fingerprint density at radius 3 is 2.75 bits per heavy atom. The summed E-state index contributed by atoms with van der Waals surface area (Å²) in [5.41, 5.74) is 1.37. The lowest BCUT2D eigenvalue weighted by molar-refractivity contribution is 0.628. The van der Waals surface area contributed by atoms with Crippen LogP contribution in [0.25, 0.3) is 6.08 Å². The third kappa shape index (κ3) is 1.43. The fourth-order valence-corrected chi connectivity index (χ4v) is 1.23. The van der Waals surface area contributed by atoms with Crippen LogP contribution in [0, 0.1) is 5.82 Å². The van der Waals surface area contributed by atoms with Crippen molar-refractivity contribution in [3.63, 3.8) is 0 Å². The van der Waals surface area contributed by atoms with Gasteiger partial charge >= 0.3 is 0 Å². The maximum Gasteiger partial charge on any atom is 0.142 e. The summed E-state index contributed by atoms with van der Waals surface area (Å²) >= 11 is 5.69. The summed E-state index contributed by atoms with van der Waals surface area (Å²) < 4.78 is 12.9. The Labute approximate surface area is 75.9 Å². The average Bonchev–Trinajstić information content (AvgIpc) is 2.09. The molecule has 0 aliphatic rings. The number of hydrogen-bond donors (Lipinski definition) is 1. The first-order valence-electron chi connectivity index (χ1n) is 3.49. The van der Waals surface area contributed by atoms with Crippen LogP contribution in [-0.2, 0) is 0 Å². The monoisotopic (exact) mass is 185 g/mol. The van der Waals surface area contributed by atoms with E-state index < -0.39 is 5.82 Å². The number of benzene rings is 1. The molecule has 0 spiro atoms. The van der Waals surface area contributed by atoms with Crippen LogP contribution < -0.4 is 5.32 Å². The molecule has 1 aromatic carbocycles. The van der Waals surface area contributed by atoms with E-state index in [-0.39, 0.29) is 5.02 Å². The molecule has 1 rings (SSSR count). The predicted octanol–water partition coefficient (Wildman–Crippen LogP) is 3.16. The van der Waals surface area contributed by atoms with Gasteiger partial charge in [0.2, 0.25) is 0 Å². The zero-order chi connectivity index (χ0) is 9.14. The molecule has 64 valence electrons. The van der Waals surface area contributed by atoms with Crippen molar-refractivity contribution in [3.8, 4) is 0 Å². The fraction of sp³-hybridized carbons (Fsp3) is 0.111. The van der Waals surface area contributed by atoms with Crippen molar-refractivity contribution in [3.05, 3.63) is 35.1 Å². The Balaban J connectivity index is 3.35. The molecule has 0 saturated carbocycles. The van der Waals surface area contributed by atoms with E-state index in [4.69, 9.17) is 11.6 Å². The van der Waals surface area contributed by atoms with E-state index in [1.54, 1.807) is 13.1 Å². The number of anilines is 1. The number of nitrogens with one attached hydrogen (secondary N) is 1. The first-order valence-corrected chi connectivity index (χ1v) is 3.86. The van der Waals surface area contributed by atoms with Crippen molar-refractivity contribution in [1.82, 2.24) is 0 Å². The lowest BCUT2D eigenvalue weighted by Gasteiger charge is -2.07. The third-order valence-corrected chi connectivity index (χ3v) is 1.99. The number of hydrogen-bond acceptors (Lipinski definition) is 1. The zero-order valence-corrected chi connectivity index (χ0v) is 7.45. The Morgan fingerprint density at radius 2 is 2.25 bits per heavy atom. The highest BCUT2D eigenvalue weighted by Gasteiger charge is 2.06. The minimum absolute atomic E-state index is 0.108. The van der Waals surface area contributed by atoms with Gasteiger partial charge in [-0.1, -0.05) is 24.3 Å². The lowest BCUT2D eigenvalue weighted by Crippen LogP contribution is -1.93. The largest absolute Gasteiger partial charge is 0.388 e. The Bertz CT molecular complexity index is 310. The maximum absolute atomic E-state index is 12.9. The van der Waals surface area contributed by atoms with E-state index in [1.807, 2.05) is 0 Å². The number of rotatable bonds is 2. The molecule has 0 saturated heterocycles. The van der Waals surface area contributed by atoms with Crippen molar-refractivity contribution in [2.24, 2.45) is 0 Å². The molecule has 0 radical (unpaired) electrons. The SMILES string of the molecule is C=Cc1c(NC)ccc(F)c1Cl. The molecule has 0 fully saturated rings. The predicted molar refractivity (Wildman–Crippen MR) is 51.0 cm³/mol. The van der Waals surface area contributed by atoms with Crippen LogP contribution in [-0.4, -0.2) is 7.05 Å². The van der Waals surface area contributed by atoms with Crippen LogP contribution in [0.1, 0.15) is 5.56 Å². The van der Waals surface area contributed by atoms with E-state index in [9.17, 15) is 4.39 Å². The van der Waals surface area contributed by atoms with Gasteiger partial charge < -0.3 is 5.32 Å². The third-order valence-electron chi connectivity index (χ3n) is 1.61. The second kappa shape index (κ2) is 3.59. The van der Waals surface area contributed by atoms with Gasteiger partial charge in [-0.05, 0) is 12.1 Å². The molecule has 1 nitrogen and oxygen atoms in total. The van der Waals surface area contributed by atoms with Crippen molar-refractivity contribution in [1.29, 1.82) is 0 Å².